The Kier molecular flexibility index (Phi) is 4.03. The van der Waals surface area contributed by atoms with Crippen LogP contribution < -0.4 is 5.73 Å². The van der Waals surface area contributed by atoms with E-state index >= 15 is 0 Å². The molecule has 0 amide bonds. The van der Waals surface area contributed by atoms with Gasteiger partial charge in [-0.15, -0.1) is 0 Å². The molecular formula is C16H17BrN4. The first-order chi connectivity index (χ1) is 10.1. The van der Waals surface area contributed by atoms with Gasteiger partial charge in [0.25, 0.3) is 0 Å². The molecule has 0 saturated carbocycles. The van der Waals surface area contributed by atoms with Crippen molar-refractivity contribution in [1.29, 1.82) is 0 Å². The molecule has 3 aromatic heterocycles. The molecule has 5 heteroatoms. The predicted octanol–water partition coefficient (Wildman–Crippen LogP) is 3.13. The molecule has 0 aliphatic rings. The molecule has 0 spiro atoms. The molecule has 108 valence electrons. The van der Waals surface area contributed by atoms with Crippen molar-refractivity contribution in [3.63, 3.8) is 0 Å². The van der Waals surface area contributed by atoms with Crippen LogP contribution in [0.25, 0.3) is 11.0 Å². The summed E-state index contributed by atoms with van der Waals surface area (Å²) in [5, 5.41) is 1.18. The Morgan fingerprint density at radius 3 is 3.00 bits per heavy atom. The lowest BCUT2D eigenvalue weighted by Gasteiger charge is -2.05. The topological polar surface area (TPSA) is 56.7 Å². The highest BCUT2D eigenvalue weighted by Gasteiger charge is 2.11. The van der Waals surface area contributed by atoms with Gasteiger partial charge in [-0.25, -0.2) is 4.98 Å². The van der Waals surface area contributed by atoms with Gasteiger partial charge in [0.05, 0.1) is 6.54 Å². The number of nitrogens with zero attached hydrogens (tertiary/aromatic N) is 3. The Balaban J connectivity index is 2.02. The smallest absolute Gasteiger partial charge is 0.140 e. The third kappa shape index (κ3) is 3.14. The van der Waals surface area contributed by atoms with Crippen molar-refractivity contribution >= 4 is 27.0 Å². The van der Waals surface area contributed by atoms with Crippen molar-refractivity contribution in [3.8, 4) is 0 Å². The van der Waals surface area contributed by atoms with Gasteiger partial charge in [0, 0.05) is 40.7 Å². The summed E-state index contributed by atoms with van der Waals surface area (Å²) in [5.74, 6) is 0. The zero-order chi connectivity index (χ0) is 14.8. The number of aromatic nitrogens is 3. The van der Waals surface area contributed by atoms with Crippen LogP contribution in [0.2, 0.25) is 0 Å². The second kappa shape index (κ2) is 5.95. The molecule has 0 bridgehead atoms. The summed E-state index contributed by atoms with van der Waals surface area (Å²) in [5.41, 5.74) is 9.33. The number of halogens is 1. The molecule has 0 saturated heterocycles. The molecule has 3 rings (SSSR count). The van der Waals surface area contributed by atoms with E-state index in [0.29, 0.717) is 0 Å². The fourth-order valence-corrected chi connectivity index (χ4v) is 2.98. The molecule has 2 N–H and O–H groups in total. The maximum absolute atomic E-state index is 5.95. The first-order valence-corrected chi connectivity index (χ1v) is 7.70. The van der Waals surface area contributed by atoms with E-state index in [4.69, 9.17) is 5.73 Å². The second-order valence-electron chi connectivity index (χ2n) is 5.35. The Morgan fingerprint density at radius 2 is 2.24 bits per heavy atom. The maximum Gasteiger partial charge on any atom is 0.140 e. The standard InChI is InChI=1S/C16H17BrN4/c1-11(18)5-13-10-21(16-15(13)3-2-4-20-16)9-12-6-14(17)8-19-7-12/h2-4,6-8,10-11H,5,9,18H2,1H3. The number of nitrogens with two attached hydrogens (primary N) is 1. The molecule has 0 fully saturated rings. The van der Waals surface area contributed by atoms with E-state index in [-0.39, 0.29) is 6.04 Å². The summed E-state index contributed by atoms with van der Waals surface area (Å²) in [4.78, 5) is 8.73. The van der Waals surface area contributed by atoms with E-state index in [9.17, 15) is 0 Å². The van der Waals surface area contributed by atoms with Gasteiger partial charge in [0.2, 0.25) is 0 Å². The summed E-state index contributed by atoms with van der Waals surface area (Å²) in [6.45, 7) is 2.77. The number of hydrogen-bond donors (Lipinski definition) is 1. The predicted molar refractivity (Wildman–Crippen MR) is 88.1 cm³/mol. The molecule has 0 radical (unpaired) electrons. The van der Waals surface area contributed by atoms with Gasteiger partial charge in [-0.1, -0.05) is 0 Å². The average Bonchev–Trinajstić information content (AvgIpc) is 2.77. The summed E-state index contributed by atoms with van der Waals surface area (Å²) < 4.78 is 3.15. The number of hydrogen-bond acceptors (Lipinski definition) is 3. The van der Waals surface area contributed by atoms with Crippen LogP contribution in [0.1, 0.15) is 18.1 Å². The Labute approximate surface area is 132 Å². The van der Waals surface area contributed by atoms with Crippen molar-refractivity contribution < 1.29 is 0 Å². The summed E-state index contributed by atoms with van der Waals surface area (Å²) in [7, 11) is 0. The van der Waals surface area contributed by atoms with E-state index in [1.54, 1.807) is 6.20 Å². The second-order valence-corrected chi connectivity index (χ2v) is 6.27. The van der Waals surface area contributed by atoms with Crippen molar-refractivity contribution in [2.24, 2.45) is 5.73 Å². The van der Waals surface area contributed by atoms with Crippen molar-refractivity contribution in [2.45, 2.75) is 25.9 Å². The zero-order valence-electron chi connectivity index (χ0n) is 11.8. The normalized spacial score (nSPS) is 12.7. The van der Waals surface area contributed by atoms with E-state index in [1.165, 1.54) is 10.9 Å². The van der Waals surface area contributed by atoms with Gasteiger partial charge < -0.3 is 10.3 Å². The Hall–Kier alpha value is -1.72. The van der Waals surface area contributed by atoms with Crippen LogP contribution in [0, 0.1) is 0 Å². The molecule has 1 atom stereocenters. The largest absolute Gasteiger partial charge is 0.328 e. The van der Waals surface area contributed by atoms with Crippen molar-refractivity contribution in [3.05, 3.63) is 58.6 Å². The quantitative estimate of drug-likeness (QED) is 0.790. The molecule has 3 aromatic rings. The van der Waals surface area contributed by atoms with Crippen LogP contribution in [0.5, 0.6) is 0 Å². The molecule has 1 unspecified atom stereocenters. The van der Waals surface area contributed by atoms with Gasteiger partial charge in [-0.2, -0.15) is 0 Å². The molecule has 3 heterocycles. The van der Waals surface area contributed by atoms with Gasteiger partial charge in [-0.3, -0.25) is 4.98 Å². The molecule has 4 nitrogen and oxygen atoms in total. The minimum Gasteiger partial charge on any atom is -0.328 e. The third-order valence-electron chi connectivity index (χ3n) is 3.37. The molecule has 21 heavy (non-hydrogen) atoms. The maximum atomic E-state index is 5.95. The third-order valence-corrected chi connectivity index (χ3v) is 3.81. The van der Waals surface area contributed by atoms with E-state index < -0.39 is 0 Å². The van der Waals surface area contributed by atoms with Gasteiger partial charge in [-0.05, 0) is 58.6 Å². The van der Waals surface area contributed by atoms with Crippen LogP contribution in [0.15, 0.2) is 47.5 Å². The average molecular weight is 345 g/mol. The number of pyridine rings is 2. The van der Waals surface area contributed by atoms with Crippen LogP contribution in [0.3, 0.4) is 0 Å². The Bertz CT molecular complexity index is 764. The lowest BCUT2D eigenvalue weighted by molar-refractivity contribution is 0.734. The summed E-state index contributed by atoms with van der Waals surface area (Å²) in [6, 6.07) is 6.29. The lowest BCUT2D eigenvalue weighted by atomic mass is 10.1. The lowest BCUT2D eigenvalue weighted by Crippen LogP contribution is -2.17. The first kappa shape index (κ1) is 14.2. The minimum atomic E-state index is 0.136. The number of fused-ring (bicyclic) bond motifs is 1. The monoisotopic (exact) mass is 344 g/mol. The van der Waals surface area contributed by atoms with Crippen LogP contribution >= 0.6 is 15.9 Å². The van der Waals surface area contributed by atoms with Gasteiger partial charge in [0.1, 0.15) is 5.65 Å². The van der Waals surface area contributed by atoms with E-state index in [0.717, 1.165) is 28.6 Å². The SMILES string of the molecule is CC(N)Cc1cn(Cc2cncc(Br)c2)c2ncccc12. The molecule has 0 aliphatic carbocycles. The van der Waals surface area contributed by atoms with E-state index in [1.807, 2.05) is 25.4 Å². The summed E-state index contributed by atoms with van der Waals surface area (Å²) >= 11 is 3.46. The van der Waals surface area contributed by atoms with Gasteiger partial charge >= 0.3 is 0 Å². The van der Waals surface area contributed by atoms with Crippen molar-refractivity contribution in [1.82, 2.24) is 14.5 Å². The highest BCUT2D eigenvalue weighted by molar-refractivity contribution is 9.10. The van der Waals surface area contributed by atoms with Crippen LogP contribution in [0.4, 0.5) is 0 Å². The number of rotatable bonds is 4. The molecule has 0 aromatic carbocycles. The van der Waals surface area contributed by atoms with E-state index in [2.05, 4.69) is 48.8 Å². The van der Waals surface area contributed by atoms with Crippen LogP contribution in [-0.4, -0.2) is 20.6 Å². The van der Waals surface area contributed by atoms with Crippen molar-refractivity contribution in [2.75, 3.05) is 0 Å². The van der Waals surface area contributed by atoms with Gasteiger partial charge in [0.15, 0.2) is 0 Å². The zero-order valence-corrected chi connectivity index (χ0v) is 13.4. The highest BCUT2D eigenvalue weighted by Crippen LogP contribution is 2.22. The fraction of sp³-hybridized carbons (Fsp3) is 0.250. The highest BCUT2D eigenvalue weighted by atomic mass is 79.9. The van der Waals surface area contributed by atoms with Crippen LogP contribution in [-0.2, 0) is 13.0 Å². The Morgan fingerprint density at radius 1 is 1.38 bits per heavy atom. The summed E-state index contributed by atoms with van der Waals surface area (Å²) in [6.07, 6.45) is 8.50. The molecule has 0 aliphatic heterocycles. The first-order valence-electron chi connectivity index (χ1n) is 6.91. The fourth-order valence-electron chi connectivity index (χ4n) is 2.56. The molecular weight excluding hydrogens is 328 g/mol. The minimum absolute atomic E-state index is 0.136.